The van der Waals surface area contributed by atoms with Crippen molar-refractivity contribution in [2.24, 2.45) is 0 Å². The zero-order valence-electron chi connectivity index (χ0n) is 10.3. The summed E-state index contributed by atoms with van der Waals surface area (Å²) in [6.45, 7) is 2.98. The predicted octanol–water partition coefficient (Wildman–Crippen LogP) is -0.750. The Kier molecular flexibility index (Phi) is 5.09. The second-order valence-electron chi connectivity index (χ2n) is 4.13. The number of nitrogens with zero attached hydrogens (tertiary/aromatic N) is 1. The standard InChI is InChI=1S/C11H19N3O3/c1-3-6-12-7-9(15)13-8-4-5-10(16)14(2)11(8)17/h8,12H,3-7H2,1-2H3,(H,13,15). The van der Waals surface area contributed by atoms with E-state index in [9.17, 15) is 14.4 Å². The predicted molar refractivity (Wildman–Crippen MR) is 62.1 cm³/mol. The number of likely N-dealkylation sites (N-methyl/N-ethyl adjacent to an activating group) is 1. The van der Waals surface area contributed by atoms with E-state index in [0.717, 1.165) is 17.9 Å². The highest BCUT2D eigenvalue weighted by Gasteiger charge is 2.32. The summed E-state index contributed by atoms with van der Waals surface area (Å²) in [5, 5.41) is 5.59. The molecule has 1 unspecified atom stereocenters. The van der Waals surface area contributed by atoms with E-state index >= 15 is 0 Å². The molecule has 1 fully saturated rings. The van der Waals surface area contributed by atoms with E-state index in [1.807, 2.05) is 6.92 Å². The lowest BCUT2D eigenvalue weighted by Gasteiger charge is -2.28. The number of carbonyl (C=O) groups is 3. The van der Waals surface area contributed by atoms with Crippen LogP contribution in [-0.2, 0) is 14.4 Å². The van der Waals surface area contributed by atoms with Gasteiger partial charge in [0.15, 0.2) is 0 Å². The summed E-state index contributed by atoms with van der Waals surface area (Å²) in [6.07, 6.45) is 1.64. The number of likely N-dealkylation sites (tertiary alicyclic amines) is 1. The Labute approximate surface area is 101 Å². The van der Waals surface area contributed by atoms with Crippen molar-refractivity contribution in [1.29, 1.82) is 0 Å². The van der Waals surface area contributed by atoms with Gasteiger partial charge in [-0.25, -0.2) is 0 Å². The van der Waals surface area contributed by atoms with Crippen molar-refractivity contribution in [1.82, 2.24) is 15.5 Å². The van der Waals surface area contributed by atoms with Gasteiger partial charge >= 0.3 is 0 Å². The molecule has 1 atom stereocenters. The summed E-state index contributed by atoms with van der Waals surface area (Å²) in [5.41, 5.74) is 0. The molecule has 0 bridgehead atoms. The highest BCUT2D eigenvalue weighted by molar-refractivity contribution is 6.01. The van der Waals surface area contributed by atoms with Crippen molar-refractivity contribution in [2.45, 2.75) is 32.2 Å². The summed E-state index contributed by atoms with van der Waals surface area (Å²) in [7, 11) is 1.44. The van der Waals surface area contributed by atoms with Crippen molar-refractivity contribution in [3.63, 3.8) is 0 Å². The number of nitrogens with one attached hydrogen (secondary N) is 2. The van der Waals surface area contributed by atoms with Crippen LogP contribution in [0.4, 0.5) is 0 Å². The number of carbonyl (C=O) groups excluding carboxylic acids is 3. The van der Waals surface area contributed by atoms with Gasteiger partial charge in [-0.1, -0.05) is 6.92 Å². The van der Waals surface area contributed by atoms with Crippen molar-refractivity contribution in [3.05, 3.63) is 0 Å². The third kappa shape index (κ3) is 3.81. The number of hydrogen-bond donors (Lipinski definition) is 2. The van der Waals surface area contributed by atoms with Crippen LogP contribution in [0.25, 0.3) is 0 Å². The third-order valence-corrected chi connectivity index (χ3v) is 2.70. The van der Waals surface area contributed by atoms with Crippen LogP contribution in [0.5, 0.6) is 0 Å². The van der Waals surface area contributed by atoms with Crippen LogP contribution in [0.3, 0.4) is 0 Å². The lowest BCUT2D eigenvalue weighted by atomic mass is 10.0. The number of imide groups is 1. The fourth-order valence-corrected chi connectivity index (χ4v) is 1.67. The molecule has 17 heavy (non-hydrogen) atoms. The summed E-state index contributed by atoms with van der Waals surface area (Å²) < 4.78 is 0. The average Bonchev–Trinajstić information content (AvgIpc) is 2.30. The van der Waals surface area contributed by atoms with Gasteiger partial charge in [-0.2, -0.15) is 0 Å². The van der Waals surface area contributed by atoms with Crippen LogP contribution < -0.4 is 10.6 Å². The van der Waals surface area contributed by atoms with Crippen molar-refractivity contribution < 1.29 is 14.4 Å². The van der Waals surface area contributed by atoms with Crippen LogP contribution in [0.2, 0.25) is 0 Å². The molecule has 3 amide bonds. The zero-order valence-corrected chi connectivity index (χ0v) is 10.3. The number of piperidine rings is 1. The largest absolute Gasteiger partial charge is 0.343 e. The van der Waals surface area contributed by atoms with Gasteiger partial charge in [0.1, 0.15) is 6.04 Å². The Morgan fingerprint density at radius 2 is 2.18 bits per heavy atom. The van der Waals surface area contributed by atoms with Crippen LogP contribution in [0.15, 0.2) is 0 Å². The Balaban J connectivity index is 2.38. The SMILES string of the molecule is CCCNCC(=O)NC1CCC(=O)N(C)C1=O. The Morgan fingerprint density at radius 1 is 1.47 bits per heavy atom. The first-order chi connectivity index (χ1) is 8.06. The molecule has 0 saturated carbocycles. The van der Waals surface area contributed by atoms with Crippen molar-refractivity contribution in [3.8, 4) is 0 Å². The van der Waals surface area contributed by atoms with E-state index in [4.69, 9.17) is 0 Å². The molecule has 0 radical (unpaired) electrons. The minimum atomic E-state index is -0.561. The van der Waals surface area contributed by atoms with Crippen molar-refractivity contribution >= 4 is 17.7 Å². The highest BCUT2D eigenvalue weighted by atomic mass is 16.2. The van der Waals surface area contributed by atoms with E-state index in [1.54, 1.807) is 0 Å². The molecule has 0 aromatic rings. The molecule has 0 spiro atoms. The maximum Gasteiger partial charge on any atom is 0.251 e. The minimum absolute atomic E-state index is 0.190. The molecule has 1 rings (SSSR count). The Morgan fingerprint density at radius 3 is 2.82 bits per heavy atom. The third-order valence-electron chi connectivity index (χ3n) is 2.70. The normalized spacial score (nSPS) is 20.6. The minimum Gasteiger partial charge on any atom is -0.343 e. The molecular formula is C11H19N3O3. The van der Waals surface area contributed by atoms with Gasteiger partial charge in [-0.15, -0.1) is 0 Å². The number of amides is 3. The molecule has 1 aliphatic heterocycles. The fourth-order valence-electron chi connectivity index (χ4n) is 1.67. The Bertz CT molecular complexity index is 317. The van der Waals surface area contributed by atoms with Crippen LogP contribution >= 0.6 is 0 Å². The van der Waals surface area contributed by atoms with E-state index < -0.39 is 6.04 Å². The molecule has 1 heterocycles. The number of rotatable bonds is 5. The lowest BCUT2D eigenvalue weighted by molar-refractivity contribution is -0.149. The van der Waals surface area contributed by atoms with Gasteiger partial charge in [-0.3, -0.25) is 19.3 Å². The first-order valence-electron chi connectivity index (χ1n) is 5.86. The van der Waals surface area contributed by atoms with E-state index in [2.05, 4.69) is 10.6 Å². The topological polar surface area (TPSA) is 78.5 Å². The zero-order chi connectivity index (χ0) is 12.8. The van der Waals surface area contributed by atoms with E-state index in [1.165, 1.54) is 7.05 Å². The molecule has 6 heteroatoms. The summed E-state index contributed by atoms with van der Waals surface area (Å²) in [4.78, 5) is 35.5. The summed E-state index contributed by atoms with van der Waals surface area (Å²) in [5.74, 6) is -0.728. The van der Waals surface area contributed by atoms with E-state index in [0.29, 0.717) is 12.8 Å². The summed E-state index contributed by atoms with van der Waals surface area (Å²) in [6, 6.07) is -0.561. The molecule has 96 valence electrons. The smallest absolute Gasteiger partial charge is 0.251 e. The second-order valence-corrected chi connectivity index (χ2v) is 4.13. The molecule has 0 aliphatic carbocycles. The highest BCUT2D eigenvalue weighted by Crippen LogP contribution is 2.10. The second kappa shape index (κ2) is 6.34. The van der Waals surface area contributed by atoms with Crippen LogP contribution in [0, 0.1) is 0 Å². The molecule has 2 N–H and O–H groups in total. The van der Waals surface area contributed by atoms with Gasteiger partial charge in [0.2, 0.25) is 11.8 Å². The number of hydrogen-bond acceptors (Lipinski definition) is 4. The van der Waals surface area contributed by atoms with Crippen molar-refractivity contribution in [2.75, 3.05) is 20.1 Å². The van der Waals surface area contributed by atoms with Crippen LogP contribution in [0.1, 0.15) is 26.2 Å². The first kappa shape index (κ1) is 13.6. The van der Waals surface area contributed by atoms with Gasteiger partial charge < -0.3 is 10.6 Å². The maximum atomic E-state index is 11.7. The molecule has 1 aliphatic rings. The molecule has 6 nitrogen and oxygen atoms in total. The maximum absolute atomic E-state index is 11.7. The van der Waals surface area contributed by atoms with Gasteiger partial charge in [0.25, 0.3) is 5.91 Å². The van der Waals surface area contributed by atoms with Crippen LogP contribution in [-0.4, -0.2) is 48.8 Å². The monoisotopic (exact) mass is 241 g/mol. The van der Waals surface area contributed by atoms with E-state index in [-0.39, 0.29) is 24.3 Å². The average molecular weight is 241 g/mol. The quantitative estimate of drug-likeness (QED) is 0.490. The summed E-state index contributed by atoms with van der Waals surface area (Å²) >= 11 is 0. The Hall–Kier alpha value is -1.43. The van der Waals surface area contributed by atoms with Gasteiger partial charge in [0, 0.05) is 13.5 Å². The first-order valence-corrected chi connectivity index (χ1v) is 5.86. The lowest BCUT2D eigenvalue weighted by Crippen LogP contribution is -2.54. The molecular weight excluding hydrogens is 222 g/mol. The fraction of sp³-hybridized carbons (Fsp3) is 0.727. The van der Waals surface area contributed by atoms with Gasteiger partial charge in [0.05, 0.1) is 6.54 Å². The molecule has 0 aromatic carbocycles. The molecule has 0 aromatic heterocycles. The molecule has 1 saturated heterocycles. The van der Waals surface area contributed by atoms with Gasteiger partial charge in [-0.05, 0) is 19.4 Å².